The monoisotopic (exact) mass is 372 g/mol. The van der Waals surface area contributed by atoms with Crippen molar-refractivity contribution in [2.45, 2.75) is 0 Å². The Morgan fingerprint density at radius 1 is 1.33 bits per heavy atom. The van der Waals surface area contributed by atoms with E-state index in [-0.39, 0.29) is 26.4 Å². The van der Waals surface area contributed by atoms with Crippen LogP contribution < -0.4 is 5.32 Å². The molecule has 0 atom stereocenters. The lowest BCUT2D eigenvalue weighted by atomic mass is 10.2. The van der Waals surface area contributed by atoms with Crippen LogP contribution in [0.5, 0.6) is 0 Å². The van der Waals surface area contributed by atoms with E-state index in [4.69, 9.17) is 11.6 Å². The Morgan fingerprint density at radius 3 is 2.71 bits per heavy atom. The lowest BCUT2D eigenvalue weighted by molar-refractivity contribution is -0.384. The van der Waals surface area contributed by atoms with Crippen LogP contribution in [0.2, 0.25) is 5.02 Å². The molecular formula is C13H7BrClFN2O3. The van der Waals surface area contributed by atoms with Crippen molar-refractivity contribution < 1.29 is 14.1 Å². The Bertz CT molecular complexity index is 739. The highest BCUT2D eigenvalue weighted by Crippen LogP contribution is 2.28. The Labute approximate surface area is 132 Å². The second kappa shape index (κ2) is 6.19. The number of carbonyl (C=O) groups is 1. The molecule has 0 spiro atoms. The number of amides is 1. The standard InChI is InChI=1S/C13H7BrClFN2O3/c14-12-8(2-1-3-10(12)16)13(19)17-11-6-7(18(20)21)4-5-9(11)15/h1-6H,(H,17,19). The van der Waals surface area contributed by atoms with Crippen molar-refractivity contribution in [3.05, 3.63) is 67.4 Å². The number of non-ortho nitro benzene ring substituents is 1. The molecule has 0 saturated carbocycles. The van der Waals surface area contributed by atoms with Crippen LogP contribution in [0.1, 0.15) is 10.4 Å². The summed E-state index contributed by atoms with van der Waals surface area (Å²) < 4.78 is 13.4. The first kappa shape index (κ1) is 15.4. The molecule has 2 aromatic rings. The number of anilines is 1. The summed E-state index contributed by atoms with van der Waals surface area (Å²) in [6, 6.07) is 7.64. The van der Waals surface area contributed by atoms with E-state index in [0.717, 1.165) is 6.07 Å². The van der Waals surface area contributed by atoms with Crippen LogP contribution in [0, 0.1) is 15.9 Å². The smallest absolute Gasteiger partial charge is 0.271 e. The second-order valence-corrected chi connectivity index (χ2v) is 5.18. The Morgan fingerprint density at radius 2 is 2.05 bits per heavy atom. The summed E-state index contributed by atoms with van der Waals surface area (Å²) in [5.74, 6) is -1.23. The van der Waals surface area contributed by atoms with Crippen molar-refractivity contribution in [1.82, 2.24) is 0 Å². The van der Waals surface area contributed by atoms with Crippen LogP contribution in [0.25, 0.3) is 0 Å². The van der Waals surface area contributed by atoms with Crippen LogP contribution in [0.4, 0.5) is 15.8 Å². The molecule has 21 heavy (non-hydrogen) atoms. The van der Waals surface area contributed by atoms with Crippen molar-refractivity contribution in [2.75, 3.05) is 5.32 Å². The normalized spacial score (nSPS) is 10.2. The molecule has 0 aliphatic heterocycles. The summed E-state index contributed by atoms with van der Waals surface area (Å²) in [5, 5.41) is 13.3. The van der Waals surface area contributed by atoms with E-state index in [1.807, 2.05) is 0 Å². The number of nitrogens with one attached hydrogen (secondary N) is 1. The molecule has 108 valence electrons. The summed E-state index contributed by atoms with van der Waals surface area (Å²) in [7, 11) is 0. The van der Waals surface area contributed by atoms with Gasteiger partial charge in [-0.1, -0.05) is 17.7 Å². The third kappa shape index (κ3) is 3.37. The predicted octanol–water partition coefficient (Wildman–Crippen LogP) is 4.40. The van der Waals surface area contributed by atoms with E-state index in [9.17, 15) is 19.3 Å². The van der Waals surface area contributed by atoms with Gasteiger partial charge in [-0.05, 0) is 34.1 Å². The van der Waals surface area contributed by atoms with Gasteiger partial charge in [0.2, 0.25) is 0 Å². The van der Waals surface area contributed by atoms with Gasteiger partial charge >= 0.3 is 0 Å². The van der Waals surface area contributed by atoms with Gasteiger partial charge in [-0.15, -0.1) is 0 Å². The highest BCUT2D eigenvalue weighted by Gasteiger charge is 2.16. The molecule has 0 fully saturated rings. The van der Waals surface area contributed by atoms with Crippen molar-refractivity contribution in [3.63, 3.8) is 0 Å². The molecule has 0 bridgehead atoms. The number of carbonyl (C=O) groups excluding carboxylic acids is 1. The summed E-state index contributed by atoms with van der Waals surface area (Å²) >= 11 is 8.85. The van der Waals surface area contributed by atoms with Gasteiger partial charge in [-0.25, -0.2) is 4.39 Å². The average molecular weight is 374 g/mol. The quantitative estimate of drug-likeness (QED) is 0.640. The second-order valence-electron chi connectivity index (χ2n) is 3.98. The highest BCUT2D eigenvalue weighted by molar-refractivity contribution is 9.10. The van der Waals surface area contributed by atoms with Gasteiger partial charge in [0.1, 0.15) is 5.82 Å². The maximum atomic E-state index is 13.4. The van der Waals surface area contributed by atoms with E-state index in [0.29, 0.717) is 0 Å². The van der Waals surface area contributed by atoms with Gasteiger partial charge in [0.15, 0.2) is 0 Å². The molecule has 2 rings (SSSR count). The van der Waals surface area contributed by atoms with Gasteiger partial charge in [0.05, 0.1) is 25.7 Å². The third-order valence-corrected chi connectivity index (χ3v) is 3.74. The minimum Gasteiger partial charge on any atom is -0.320 e. The molecule has 1 N–H and O–H groups in total. The van der Waals surface area contributed by atoms with Crippen molar-refractivity contribution in [1.29, 1.82) is 0 Å². The Hall–Kier alpha value is -1.99. The molecule has 1 amide bonds. The molecule has 2 aromatic carbocycles. The third-order valence-electron chi connectivity index (χ3n) is 2.61. The van der Waals surface area contributed by atoms with Crippen LogP contribution in [-0.4, -0.2) is 10.8 Å². The number of rotatable bonds is 3. The van der Waals surface area contributed by atoms with Gasteiger partial charge in [0, 0.05) is 12.1 Å². The fourth-order valence-corrected chi connectivity index (χ4v) is 2.20. The minimum absolute atomic E-state index is 0.00375. The largest absolute Gasteiger partial charge is 0.320 e. The van der Waals surface area contributed by atoms with Crippen LogP contribution in [0.15, 0.2) is 40.9 Å². The Kier molecular flexibility index (Phi) is 4.54. The average Bonchev–Trinajstić information content (AvgIpc) is 2.43. The van der Waals surface area contributed by atoms with Crippen molar-refractivity contribution >= 4 is 44.8 Å². The van der Waals surface area contributed by atoms with E-state index in [1.54, 1.807) is 0 Å². The van der Waals surface area contributed by atoms with Gasteiger partial charge < -0.3 is 5.32 Å². The molecule has 0 aliphatic carbocycles. The first-order valence-corrected chi connectivity index (χ1v) is 6.76. The van der Waals surface area contributed by atoms with E-state index >= 15 is 0 Å². The molecule has 0 aromatic heterocycles. The zero-order valence-electron chi connectivity index (χ0n) is 10.3. The summed E-state index contributed by atoms with van der Waals surface area (Å²) in [6.45, 7) is 0. The lowest BCUT2D eigenvalue weighted by Gasteiger charge is -2.08. The van der Waals surface area contributed by atoms with Crippen LogP contribution in [0.3, 0.4) is 0 Å². The van der Waals surface area contributed by atoms with Crippen LogP contribution >= 0.6 is 27.5 Å². The number of nitro benzene ring substituents is 1. The molecule has 8 heteroatoms. The molecular weight excluding hydrogens is 367 g/mol. The lowest BCUT2D eigenvalue weighted by Crippen LogP contribution is -2.13. The zero-order valence-corrected chi connectivity index (χ0v) is 12.6. The maximum Gasteiger partial charge on any atom is 0.271 e. The fourth-order valence-electron chi connectivity index (χ4n) is 1.59. The molecule has 0 heterocycles. The maximum absolute atomic E-state index is 13.4. The van der Waals surface area contributed by atoms with E-state index in [1.165, 1.54) is 30.3 Å². The number of benzene rings is 2. The van der Waals surface area contributed by atoms with Crippen molar-refractivity contribution in [3.8, 4) is 0 Å². The first-order valence-electron chi connectivity index (χ1n) is 5.59. The number of halogens is 3. The highest BCUT2D eigenvalue weighted by atomic mass is 79.9. The molecule has 0 saturated heterocycles. The predicted molar refractivity (Wildman–Crippen MR) is 80.2 cm³/mol. The minimum atomic E-state index is -0.635. The van der Waals surface area contributed by atoms with Gasteiger partial charge in [-0.3, -0.25) is 14.9 Å². The fraction of sp³-hybridized carbons (Fsp3) is 0. The van der Waals surface area contributed by atoms with E-state index < -0.39 is 16.6 Å². The SMILES string of the molecule is O=C(Nc1cc([N+](=O)[O-])ccc1Cl)c1cccc(F)c1Br. The Balaban J connectivity index is 2.33. The number of nitrogens with zero attached hydrogens (tertiary/aromatic N) is 1. The van der Waals surface area contributed by atoms with Crippen molar-refractivity contribution in [2.24, 2.45) is 0 Å². The summed E-state index contributed by atoms with van der Waals surface area (Å²) in [6.07, 6.45) is 0. The summed E-state index contributed by atoms with van der Waals surface area (Å²) in [5.41, 5.74) is -0.0855. The summed E-state index contributed by atoms with van der Waals surface area (Å²) in [4.78, 5) is 22.2. The molecule has 0 aliphatic rings. The first-order chi connectivity index (χ1) is 9.90. The molecule has 0 radical (unpaired) electrons. The zero-order chi connectivity index (χ0) is 15.6. The number of hydrogen-bond acceptors (Lipinski definition) is 3. The van der Waals surface area contributed by atoms with Gasteiger partial charge in [0.25, 0.3) is 11.6 Å². The van der Waals surface area contributed by atoms with E-state index in [2.05, 4.69) is 21.2 Å². The molecule has 5 nitrogen and oxygen atoms in total. The number of nitro groups is 1. The topological polar surface area (TPSA) is 72.2 Å². The number of hydrogen-bond donors (Lipinski definition) is 1. The van der Waals surface area contributed by atoms with Gasteiger partial charge in [-0.2, -0.15) is 0 Å². The van der Waals surface area contributed by atoms with Crippen LogP contribution in [-0.2, 0) is 0 Å². The molecule has 0 unspecified atom stereocenters.